The lowest BCUT2D eigenvalue weighted by molar-refractivity contribution is -0.137. The summed E-state index contributed by atoms with van der Waals surface area (Å²) < 4.78 is 0. The maximum absolute atomic E-state index is 12.0. The van der Waals surface area contributed by atoms with Gasteiger partial charge in [-0.3, -0.25) is 19.2 Å². The lowest BCUT2D eigenvalue weighted by atomic mass is 10.1. The molecule has 1 atom stereocenters. The molecule has 0 aromatic carbocycles. The molecule has 3 N–H and O–H groups in total. The molecule has 0 aromatic heterocycles. The predicted octanol–water partition coefficient (Wildman–Crippen LogP) is -1.90. The van der Waals surface area contributed by atoms with E-state index < -0.39 is 24.3 Å². The van der Waals surface area contributed by atoms with Crippen molar-refractivity contribution in [3.63, 3.8) is 0 Å². The highest BCUT2D eigenvalue weighted by atomic mass is 16.4. The monoisotopic (exact) mass is 328 g/mol. The predicted molar refractivity (Wildman–Crippen MR) is 81.5 cm³/mol. The van der Waals surface area contributed by atoms with Gasteiger partial charge in [-0.05, 0) is 27.1 Å². The van der Waals surface area contributed by atoms with Crippen molar-refractivity contribution >= 4 is 23.7 Å². The Morgan fingerprint density at radius 3 is 2.57 bits per heavy atom. The average molecular weight is 328 g/mol. The van der Waals surface area contributed by atoms with E-state index in [2.05, 4.69) is 10.6 Å². The molecule has 1 unspecified atom stereocenters. The number of hydrogen-bond donors (Lipinski definition) is 3. The van der Waals surface area contributed by atoms with E-state index in [1.54, 1.807) is 4.90 Å². The lowest BCUT2D eigenvalue weighted by Crippen LogP contribution is -2.41. The van der Waals surface area contributed by atoms with Crippen molar-refractivity contribution in [3.05, 3.63) is 0 Å². The van der Waals surface area contributed by atoms with Crippen molar-refractivity contribution < 1.29 is 24.3 Å². The first-order chi connectivity index (χ1) is 10.8. The van der Waals surface area contributed by atoms with Crippen LogP contribution >= 0.6 is 0 Å². The number of aliphatic carboxylic acids is 1. The first kappa shape index (κ1) is 18.9. The van der Waals surface area contributed by atoms with Crippen LogP contribution in [0, 0.1) is 5.92 Å². The first-order valence-electron chi connectivity index (χ1n) is 7.48. The lowest BCUT2D eigenvalue weighted by Gasteiger charge is -2.18. The Hall–Kier alpha value is -2.16. The molecule has 1 saturated heterocycles. The smallest absolute Gasteiger partial charge is 0.322 e. The number of carboxylic acid groups (broad SMARTS) is 1. The molecule has 0 bridgehead atoms. The van der Waals surface area contributed by atoms with Gasteiger partial charge in [-0.25, -0.2) is 0 Å². The van der Waals surface area contributed by atoms with Gasteiger partial charge in [0.1, 0.15) is 6.54 Å². The zero-order valence-electron chi connectivity index (χ0n) is 13.5. The van der Waals surface area contributed by atoms with Crippen molar-refractivity contribution in [1.29, 1.82) is 0 Å². The molecule has 1 rings (SSSR count). The summed E-state index contributed by atoms with van der Waals surface area (Å²) in [7, 11) is 3.91. The summed E-state index contributed by atoms with van der Waals surface area (Å²) in [5.74, 6) is -2.61. The topological polar surface area (TPSA) is 119 Å². The molecule has 1 heterocycles. The van der Waals surface area contributed by atoms with Crippen molar-refractivity contribution in [1.82, 2.24) is 20.4 Å². The Morgan fingerprint density at radius 2 is 1.96 bits per heavy atom. The van der Waals surface area contributed by atoms with Gasteiger partial charge in [0.25, 0.3) is 0 Å². The van der Waals surface area contributed by atoms with Gasteiger partial charge in [0.2, 0.25) is 17.7 Å². The highest BCUT2D eigenvalue weighted by Gasteiger charge is 2.33. The second-order valence-corrected chi connectivity index (χ2v) is 5.79. The van der Waals surface area contributed by atoms with Gasteiger partial charge in [0.15, 0.2) is 0 Å². The van der Waals surface area contributed by atoms with E-state index in [-0.39, 0.29) is 24.8 Å². The third-order valence-electron chi connectivity index (χ3n) is 3.48. The maximum Gasteiger partial charge on any atom is 0.322 e. The van der Waals surface area contributed by atoms with Gasteiger partial charge in [-0.2, -0.15) is 0 Å². The molecule has 1 fully saturated rings. The van der Waals surface area contributed by atoms with E-state index in [4.69, 9.17) is 5.11 Å². The van der Waals surface area contributed by atoms with E-state index in [0.717, 1.165) is 13.0 Å². The average Bonchev–Trinajstić information content (AvgIpc) is 2.83. The Morgan fingerprint density at radius 1 is 1.26 bits per heavy atom. The summed E-state index contributed by atoms with van der Waals surface area (Å²) in [6, 6.07) is 0. The van der Waals surface area contributed by atoms with Gasteiger partial charge in [-0.15, -0.1) is 0 Å². The molecular formula is C14H24N4O5. The number of hydrogen-bond acceptors (Lipinski definition) is 5. The normalized spacial score (nSPS) is 17.4. The van der Waals surface area contributed by atoms with Crippen LogP contribution in [0.15, 0.2) is 0 Å². The molecule has 0 aliphatic carbocycles. The second-order valence-electron chi connectivity index (χ2n) is 5.79. The Bertz CT molecular complexity index is 466. The van der Waals surface area contributed by atoms with Crippen LogP contribution in [0.4, 0.5) is 0 Å². The number of carboxylic acids is 1. The van der Waals surface area contributed by atoms with Crippen LogP contribution in [0.3, 0.4) is 0 Å². The van der Waals surface area contributed by atoms with Gasteiger partial charge in [0, 0.05) is 19.5 Å². The molecule has 130 valence electrons. The first-order valence-corrected chi connectivity index (χ1v) is 7.48. The fraction of sp³-hybridized carbons (Fsp3) is 0.714. The number of carbonyl (C=O) groups excluding carboxylic acids is 3. The van der Waals surface area contributed by atoms with Crippen LogP contribution in [-0.4, -0.2) is 85.4 Å². The number of amides is 3. The SMILES string of the molecule is CN(C)CCCN1CC(C(=O)NCC(=O)NCC(=O)O)CC1=O. The standard InChI is InChI=1S/C14H24N4O5/c1-17(2)4-3-5-18-9-10(6-12(18)20)14(23)16-7-11(19)15-8-13(21)22/h10H,3-9H2,1-2H3,(H,15,19)(H,16,23)(H,21,22). The zero-order chi connectivity index (χ0) is 17.4. The van der Waals surface area contributed by atoms with Gasteiger partial charge in [-0.1, -0.05) is 0 Å². The molecule has 0 spiro atoms. The second kappa shape index (κ2) is 9.09. The van der Waals surface area contributed by atoms with Crippen LogP contribution in [-0.2, 0) is 19.2 Å². The summed E-state index contributed by atoms with van der Waals surface area (Å²) >= 11 is 0. The number of nitrogens with one attached hydrogen (secondary N) is 2. The number of nitrogens with zero attached hydrogens (tertiary/aromatic N) is 2. The fourth-order valence-corrected chi connectivity index (χ4v) is 2.29. The molecule has 3 amide bonds. The van der Waals surface area contributed by atoms with Crippen LogP contribution in [0.2, 0.25) is 0 Å². The molecule has 0 saturated carbocycles. The van der Waals surface area contributed by atoms with Gasteiger partial charge >= 0.3 is 5.97 Å². The van der Waals surface area contributed by atoms with Crippen molar-refractivity contribution in [2.45, 2.75) is 12.8 Å². The van der Waals surface area contributed by atoms with E-state index in [1.165, 1.54) is 0 Å². The fourth-order valence-electron chi connectivity index (χ4n) is 2.29. The Balaban J connectivity index is 2.30. The quantitative estimate of drug-likeness (QED) is 0.455. The minimum absolute atomic E-state index is 0.0563. The number of likely N-dealkylation sites (tertiary alicyclic amines) is 1. The Kier molecular flexibility index (Phi) is 7.46. The van der Waals surface area contributed by atoms with Gasteiger partial charge in [0.05, 0.1) is 12.5 Å². The summed E-state index contributed by atoms with van der Waals surface area (Å²) in [5.41, 5.74) is 0. The molecule has 0 radical (unpaired) electrons. The molecular weight excluding hydrogens is 304 g/mol. The van der Waals surface area contributed by atoms with Crippen LogP contribution in [0.1, 0.15) is 12.8 Å². The van der Waals surface area contributed by atoms with Crippen molar-refractivity contribution in [2.75, 3.05) is 46.8 Å². The third kappa shape index (κ3) is 7.09. The number of rotatable bonds is 9. The van der Waals surface area contributed by atoms with Crippen LogP contribution < -0.4 is 10.6 Å². The van der Waals surface area contributed by atoms with E-state index >= 15 is 0 Å². The third-order valence-corrected chi connectivity index (χ3v) is 3.48. The highest BCUT2D eigenvalue weighted by Crippen LogP contribution is 2.18. The summed E-state index contributed by atoms with van der Waals surface area (Å²) in [6.07, 6.45) is 0.981. The van der Waals surface area contributed by atoms with Crippen LogP contribution in [0.5, 0.6) is 0 Å². The molecule has 1 aliphatic heterocycles. The molecule has 0 aromatic rings. The van der Waals surface area contributed by atoms with Crippen LogP contribution in [0.25, 0.3) is 0 Å². The minimum atomic E-state index is -1.15. The van der Waals surface area contributed by atoms with Gasteiger partial charge < -0.3 is 25.5 Å². The largest absolute Gasteiger partial charge is 0.480 e. The van der Waals surface area contributed by atoms with E-state index in [1.807, 2.05) is 19.0 Å². The van der Waals surface area contributed by atoms with Crippen molar-refractivity contribution in [2.24, 2.45) is 5.92 Å². The Labute approximate surface area is 135 Å². The van der Waals surface area contributed by atoms with Crippen molar-refractivity contribution in [3.8, 4) is 0 Å². The minimum Gasteiger partial charge on any atom is -0.480 e. The van der Waals surface area contributed by atoms with E-state index in [9.17, 15) is 19.2 Å². The summed E-state index contributed by atoms with van der Waals surface area (Å²) in [6.45, 7) is 1.05. The zero-order valence-corrected chi connectivity index (χ0v) is 13.5. The summed E-state index contributed by atoms with van der Waals surface area (Å²) in [5, 5.41) is 13.0. The molecule has 9 heteroatoms. The summed E-state index contributed by atoms with van der Waals surface area (Å²) in [4.78, 5) is 49.2. The number of carbonyl (C=O) groups is 4. The molecule has 1 aliphatic rings. The molecule has 23 heavy (non-hydrogen) atoms. The maximum atomic E-state index is 12.0. The van der Waals surface area contributed by atoms with E-state index in [0.29, 0.717) is 13.1 Å². The molecule has 9 nitrogen and oxygen atoms in total. The highest BCUT2D eigenvalue weighted by molar-refractivity contribution is 5.91.